The molecule has 0 amide bonds. The summed E-state index contributed by atoms with van der Waals surface area (Å²) < 4.78 is 24.5. The minimum Gasteiger partial charge on any atom is -0.494 e. The van der Waals surface area contributed by atoms with Crippen LogP contribution in [0.15, 0.2) is 18.2 Å². The van der Waals surface area contributed by atoms with Crippen LogP contribution in [-0.4, -0.2) is 26.9 Å². The Morgan fingerprint density at radius 1 is 1.33 bits per heavy atom. The van der Waals surface area contributed by atoms with Gasteiger partial charge >= 0.3 is 0 Å². The molecule has 1 aromatic carbocycles. The summed E-state index contributed by atoms with van der Waals surface area (Å²) in [5, 5.41) is 3.27. The minimum atomic E-state index is -0.289. The van der Waals surface area contributed by atoms with Gasteiger partial charge in [-0.05, 0) is 26.0 Å². The molecule has 0 aromatic heterocycles. The number of benzene rings is 1. The van der Waals surface area contributed by atoms with Gasteiger partial charge in [0, 0.05) is 24.8 Å². The molecule has 0 bridgehead atoms. The first-order valence-corrected chi connectivity index (χ1v) is 6.38. The molecular formula is C14H22FNO2. The zero-order valence-corrected chi connectivity index (χ0v) is 11.3. The fourth-order valence-electron chi connectivity index (χ4n) is 1.91. The van der Waals surface area contributed by atoms with E-state index < -0.39 is 0 Å². The van der Waals surface area contributed by atoms with Crippen molar-refractivity contribution in [1.82, 2.24) is 5.32 Å². The molecule has 0 heterocycles. The molecule has 0 aliphatic rings. The van der Waals surface area contributed by atoms with Crippen LogP contribution in [-0.2, 0) is 4.74 Å². The maximum atomic E-state index is 14.1. The molecule has 0 aliphatic carbocycles. The van der Waals surface area contributed by atoms with E-state index in [9.17, 15) is 4.39 Å². The average molecular weight is 255 g/mol. The van der Waals surface area contributed by atoms with E-state index in [4.69, 9.17) is 9.47 Å². The van der Waals surface area contributed by atoms with Crippen molar-refractivity contribution in [1.29, 1.82) is 0 Å². The predicted molar refractivity (Wildman–Crippen MR) is 70.5 cm³/mol. The summed E-state index contributed by atoms with van der Waals surface area (Å²) in [6, 6.07) is 5.18. The van der Waals surface area contributed by atoms with E-state index in [1.54, 1.807) is 12.1 Å². The highest BCUT2D eigenvalue weighted by atomic mass is 19.1. The maximum Gasteiger partial charge on any atom is 0.169 e. The van der Waals surface area contributed by atoms with Gasteiger partial charge in [-0.15, -0.1) is 0 Å². The lowest BCUT2D eigenvalue weighted by molar-refractivity contribution is 0.136. The molecule has 0 fully saturated rings. The third kappa shape index (κ3) is 3.96. The quantitative estimate of drug-likeness (QED) is 0.724. The number of hydrogen-bond donors (Lipinski definition) is 1. The molecule has 102 valence electrons. The molecule has 1 N–H and O–H groups in total. The second-order valence-electron chi connectivity index (χ2n) is 3.96. The summed E-state index contributed by atoms with van der Waals surface area (Å²) in [4.78, 5) is 0. The fraction of sp³-hybridized carbons (Fsp3) is 0.571. The Kier molecular flexibility index (Phi) is 6.68. The monoisotopic (exact) mass is 255 g/mol. The second kappa shape index (κ2) is 8.06. The Morgan fingerprint density at radius 2 is 2.11 bits per heavy atom. The van der Waals surface area contributed by atoms with Gasteiger partial charge in [0.2, 0.25) is 0 Å². The highest BCUT2D eigenvalue weighted by Gasteiger charge is 2.17. The topological polar surface area (TPSA) is 30.5 Å². The molecule has 0 radical (unpaired) electrons. The van der Waals surface area contributed by atoms with Crippen molar-refractivity contribution in [3.63, 3.8) is 0 Å². The molecule has 1 atom stereocenters. The van der Waals surface area contributed by atoms with Crippen LogP contribution in [0, 0.1) is 5.82 Å². The molecule has 0 aliphatic heterocycles. The number of ether oxygens (including phenoxy) is 2. The van der Waals surface area contributed by atoms with Crippen LogP contribution in [0.2, 0.25) is 0 Å². The van der Waals surface area contributed by atoms with Gasteiger partial charge in [0.25, 0.3) is 0 Å². The van der Waals surface area contributed by atoms with E-state index in [-0.39, 0.29) is 17.6 Å². The van der Waals surface area contributed by atoms with Crippen LogP contribution in [0.5, 0.6) is 5.75 Å². The predicted octanol–water partition coefficient (Wildman–Crippen LogP) is 2.91. The van der Waals surface area contributed by atoms with Crippen LogP contribution < -0.4 is 10.1 Å². The number of methoxy groups -OCH3 is 1. The Morgan fingerprint density at radius 3 is 2.72 bits per heavy atom. The highest BCUT2D eigenvalue weighted by molar-refractivity contribution is 5.33. The minimum absolute atomic E-state index is 0.0448. The van der Waals surface area contributed by atoms with Crippen LogP contribution in [0.1, 0.15) is 31.9 Å². The van der Waals surface area contributed by atoms with E-state index in [1.165, 1.54) is 7.11 Å². The van der Waals surface area contributed by atoms with Crippen molar-refractivity contribution >= 4 is 0 Å². The van der Waals surface area contributed by atoms with Gasteiger partial charge in [0.05, 0.1) is 7.11 Å². The van der Waals surface area contributed by atoms with Gasteiger partial charge in [-0.1, -0.05) is 19.1 Å². The van der Waals surface area contributed by atoms with Gasteiger partial charge in [0.1, 0.15) is 0 Å². The van der Waals surface area contributed by atoms with Gasteiger partial charge in [-0.25, -0.2) is 4.39 Å². The van der Waals surface area contributed by atoms with Crippen LogP contribution in [0.25, 0.3) is 0 Å². The molecule has 1 unspecified atom stereocenters. The lowest BCUT2D eigenvalue weighted by Crippen LogP contribution is -2.23. The lowest BCUT2D eigenvalue weighted by Gasteiger charge is -2.19. The van der Waals surface area contributed by atoms with E-state index in [0.29, 0.717) is 18.8 Å². The first kappa shape index (κ1) is 14.9. The summed E-state index contributed by atoms with van der Waals surface area (Å²) in [7, 11) is 1.48. The summed E-state index contributed by atoms with van der Waals surface area (Å²) in [6.45, 7) is 6.04. The van der Waals surface area contributed by atoms with Gasteiger partial charge in [0.15, 0.2) is 11.6 Å². The Bertz CT molecular complexity index is 358. The largest absolute Gasteiger partial charge is 0.494 e. The Labute approximate surface area is 108 Å². The molecule has 1 aromatic rings. The van der Waals surface area contributed by atoms with Crippen molar-refractivity contribution in [2.45, 2.75) is 26.3 Å². The number of hydrogen-bond acceptors (Lipinski definition) is 3. The van der Waals surface area contributed by atoms with E-state index in [0.717, 1.165) is 13.0 Å². The van der Waals surface area contributed by atoms with Gasteiger partial charge < -0.3 is 14.8 Å². The van der Waals surface area contributed by atoms with Crippen LogP contribution in [0.4, 0.5) is 4.39 Å². The fourth-order valence-corrected chi connectivity index (χ4v) is 1.91. The number of rotatable bonds is 8. The summed E-state index contributed by atoms with van der Waals surface area (Å²) in [5.41, 5.74) is 0.635. The first-order valence-electron chi connectivity index (χ1n) is 6.38. The maximum absolute atomic E-state index is 14.1. The van der Waals surface area contributed by atoms with Crippen LogP contribution in [0.3, 0.4) is 0 Å². The Balaban J connectivity index is 2.83. The van der Waals surface area contributed by atoms with Crippen molar-refractivity contribution in [3.05, 3.63) is 29.6 Å². The second-order valence-corrected chi connectivity index (χ2v) is 3.96. The standard InChI is InChI=1S/C14H22FNO2/c1-4-16-12(9-10-18-5-2)11-7-6-8-13(17-3)14(11)15/h6-8,12,16H,4-5,9-10H2,1-3H3. The van der Waals surface area contributed by atoms with E-state index >= 15 is 0 Å². The third-order valence-corrected chi connectivity index (χ3v) is 2.79. The molecular weight excluding hydrogens is 233 g/mol. The van der Waals surface area contributed by atoms with E-state index in [1.807, 2.05) is 19.9 Å². The average Bonchev–Trinajstić information content (AvgIpc) is 2.38. The molecule has 0 spiro atoms. The first-order chi connectivity index (χ1) is 8.74. The number of nitrogens with one attached hydrogen (secondary N) is 1. The molecule has 18 heavy (non-hydrogen) atoms. The van der Waals surface area contributed by atoms with Crippen molar-refractivity contribution in [2.24, 2.45) is 0 Å². The zero-order chi connectivity index (χ0) is 13.4. The highest BCUT2D eigenvalue weighted by Crippen LogP contribution is 2.26. The molecule has 3 nitrogen and oxygen atoms in total. The van der Waals surface area contributed by atoms with Crippen molar-refractivity contribution in [2.75, 3.05) is 26.9 Å². The smallest absolute Gasteiger partial charge is 0.169 e. The Hall–Kier alpha value is -1.13. The van der Waals surface area contributed by atoms with Gasteiger partial charge in [-0.3, -0.25) is 0 Å². The number of halogens is 1. The van der Waals surface area contributed by atoms with Gasteiger partial charge in [-0.2, -0.15) is 0 Å². The lowest BCUT2D eigenvalue weighted by atomic mass is 10.0. The van der Waals surface area contributed by atoms with E-state index in [2.05, 4.69) is 5.32 Å². The molecule has 4 heteroatoms. The summed E-state index contributed by atoms with van der Waals surface area (Å²) >= 11 is 0. The SMILES string of the molecule is CCNC(CCOCC)c1cccc(OC)c1F. The van der Waals surface area contributed by atoms with Crippen LogP contribution >= 0.6 is 0 Å². The molecule has 0 saturated heterocycles. The zero-order valence-electron chi connectivity index (χ0n) is 11.3. The van der Waals surface area contributed by atoms with Crippen molar-refractivity contribution in [3.8, 4) is 5.75 Å². The molecule has 0 saturated carbocycles. The summed E-state index contributed by atoms with van der Waals surface area (Å²) in [5.74, 6) is -0.00531. The summed E-state index contributed by atoms with van der Waals surface area (Å²) in [6.07, 6.45) is 0.742. The third-order valence-electron chi connectivity index (χ3n) is 2.79. The molecule has 1 rings (SSSR count). The normalized spacial score (nSPS) is 12.4. The van der Waals surface area contributed by atoms with Crippen molar-refractivity contribution < 1.29 is 13.9 Å².